The molecule has 0 spiro atoms. The molecule has 0 amide bonds. The van der Waals surface area contributed by atoms with Crippen LogP contribution in [0.5, 0.6) is 0 Å². The van der Waals surface area contributed by atoms with Crippen LogP contribution < -0.4 is 0 Å². The van der Waals surface area contributed by atoms with Crippen molar-refractivity contribution >= 4 is 21.9 Å². The first-order chi connectivity index (χ1) is 9.20. The predicted molar refractivity (Wildman–Crippen MR) is 72.4 cm³/mol. The van der Waals surface area contributed by atoms with Gasteiger partial charge >= 0.3 is 5.97 Å². The van der Waals surface area contributed by atoms with Crippen molar-refractivity contribution < 1.29 is 9.53 Å². The highest BCUT2D eigenvalue weighted by Gasteiger charge is 2.33. The molecule has 0 N–H and O–H groups in total. The second-order valence-electron chi connectivity index (χ2n) is 4.46. The lowest BCUT2D eigenvalue weighted by molar-refractivity contribution is 0.0599. The lowest BCUT2D eigenvalue weighted by Crippen LogP contribution is -2.08. The van der Waals surface area contributed by atoms with Crippen LogP contribution in [0.25, 0.3) is 5.82 Å². The lowest BCUT2D eigenvalue weighted by atomic mass is 10.2. The van der Waals surface area contributed by atoms with E-state index >= 15 is 0 Å². The van der Waals surface area contributed by atoms with Gasteiger partial charge in [0.1, 0.15) is 5.56 Å². The minimum Gasteiger partial charge on any atom is -0.465 e. The molecule has 0 saturated heterocycles. The van der Waals surface area contributed by atoms with Crippen LogP contribution in [0.3, 0.4) is 0 Å². The average molecular weight is 322 g/mol. The lowest BCUT2D eigenvalue weighted by Gasteiger charge is -2.07. The minimum absolute atomic E-state index is 0.342. The molecule has 2 aromatic rings. The van der Waals surface area contributed by atoms with Crippen molar-refractivity contribution in [3.05, 3.63) is 40.3 Å². The molecular formula is C13H12BrN3O2. The molecule has 2 heterocycles. The molecule has 19 heavy (non-hydrogen) atoms. The Bertz CT molecular complexity index is 617. The first-order valence-electron chi connectivity index (χ1n) is 5.99. The van der Waals surface area contributed by atoms with Gasteiger partial charge in [0.2, 0.25) is 0 Å². The standard InChI is InChI=1S/C13H12BrN3O2/c1-19-13(18)10-7-16-17(12(10)8-2-3-8)11-5-4-9(14)6-15-11/h4-8H,2-3H2,1H3. The number of esters is 1. The molecule has 0 bridgehead atoms. The van der Waals surface area contributed by atoms with Crippen LogP contribution in [0.2, 0.25) is 0 Å². The summed E-state index contributed by atoms with van der Waals surface area (Å²) in [4.78, 5) is 16.1. The summed E-state index contributed by atoms with van der Waals surface area (Å²) < 4.78 is 7.44. The zero-order chi connectivity index (χ0) is 13.4. The number of carbonyl (C=O) groups is 1. The summed E-state index contributed by atoms with van der Waals surface area (Å²) in [5.74, 6) is 0.743. The van der Waals surface area contributed by atoms with Crippen LogP contribution in [0.1, 0.15) is 34.8 Å². The maximum Gasteiger partial charge on any atom is 0.341 e. The van der Waals surface area contributed by atoms with Gasteiger partial charge in [-0.2, -0.15) is 5.10 Å². The van der Waals surface area contributed by atoms with E-state index in [9.17, 15) is 4.79 Å². The minimum atomic E-state index is -0.342. The summed E-state index contributed by atoms with van der Waals surface area (Å²) in [5.41, 5.74) is 1.44. The summed E-state index contributed by atoms with van der Waals surface area (Å²) in [7, 11) is 1.38. The molecule has 1 aliphatic carbocycles. The van der Waals surface area contributed by atoms with Gasteiger partial charge in [-0.1, -0.05) is 0 Å². The number of hydrogen-bond acceptors (Lipinski definition) is 4. The Morgan fingerprint density at radius 1 is 1.42 bits per heavy atom. The van der Waals surface area contributed by atoms with Gasteiger partial charge in [-0.3, -0.25) is 0 Å². The zero-order valence-corrected chi connectivity index (χ0v) is 11.9. The maximum absolute atomic E-state index is 11.8. The second kappa shape index (κ2) is 4.77. The van der Waals surface area contributed by atoms with E-state index in [1.165, 1.54) is 7.11 Å². The molecule has 0 aliphatic heterocycles. The quantitative estimate of drug-likeness (QED) is 0.815. The second-order valence-corrected chi connectivity index (χ2v) is 5.37. The van der Waals surface area contributed by atoms with E-state index in [4.69, 9.17) is 4.74 Å². The van der Waals surface area contributed by atoms with Crippen molar-refractivity contribution in [3.8, 4) is 5.82 Å². The molecule has 0 unspecified atom stereocenters. The van der Waals surface area contributed by atoms with Gasteiger partial charge in [0.15, 0.2) is 5.82 Å². The third kappa shape index (κ3) is 2.28. The smallest absolute Gasteiger partial charge is 0.341 e. The summed E-state index contributed by atoms with van der Waals surface area (Å²) in [6.07, 6.45) is 5.42. The van der Waals surface area contributed by atoms with E-state index in [1.54, 1.807) is 17.1 Å². The third-order valence-electron chi connectivity index (χ3n) is 3.10. The summed E-state index contributed by atoms with van der Waals surface area (Å²) in [6, 6.07) is 3.77. The van der Waals surface area contributed by atoms with E-state index in [0.717, 1.165) is 23.0 Å². The van der Waals surface area contributed by atoms with Crippen molar-refractivity contribution in [1.29, 1.82) is 0 Å². The van der Waals surface area contributed by atoms with E-state index < -0.39 is 0 Å². The van der Waals surface area contributed by atoms with Crippen LogP contribution in [-0.4, -0.2) is 27.8 Å². The fourth-order valence-corrected chi connectivity index (χ4v) is 2.29. The van der Waals surface area contributed by atoms with Crippen molar-refractivity contribution in [2.75, 3.05) is 7.11 Å². The highest BCUT2D eigenvalue weighted by atomic mass is 79.9. The predicted octanol–water partition coefficient (Wildman–Crippen LogP) is 2.69. The molecule has 3 rings (SSSR count). The number of pyridine rings is 1. The Balaban J connectivity index is 2.08. The monoisotopic (exact) mass is 321 g/mol. The Hall–Kier alpha value is -1.69. The van der Waals surface area contributed by atoms with Gasteiger partial charge in [0.05, 0.1) is 19.0 Å². The Labute approximate surface area is 118 Å². The number of rotatable bonds is 3. The van der Waals surface area contributed by atoms with Crippen LogP contribution in [0, 0.1) is 0 Å². The SMILES string of the molecule is COC(=O)c1cnn(-c2ccc(Br)cn2)c1C1CC1. The van der Waals surface area contributed by atoms with Crippen molar-refractivity contribution in [3.63, 3.8) is 0 Å². The summed E-state index contributed by atoms with van der Waals surface area (Å²) >= 11 is 3.35. The molecule has 6 heteroatoms. The molecule has 0 radical (unpaired) electrons. The van der Waals surface area contributed by atoms with Crippen LogP contribution in [-0.2, 0) is 4.74 Å². The average Bonchev–Trinajstić information content (AvgIpc) is 3.18. The van der Waals surface area contributed by atoms with Crippen LogP contribution in [0.4, 0.5) is 0 Å². The summed E-state index contributed by atoms with van der Waals surface area (Å²) in [5, 5.41) is 4.28. The maximum atomic E-state index is 11.8. The number of carbonyl (C=O) groups excluding carboxylic acids is 1. The fraction of sp³-hybridized carbons (Fsp3) is 0.308. The number of ether oxygens (including phenoxy) is 1. The van der Waals surface area contributed by atoms with Crippen molar-refractivity contribution in [2.24, 2.45) is 0 Å². The molecule has 5 nitrogen and oxygen atoms in total. The van der Waals surface area contributed by atoms with Gasteiger partial charge in [0, 0.05) is 16.6 Å². The van der Waals surface area contributed by atoms with E-state index in [2.05, 4.69) is 26.0 Å². The molecular weight excluding hydrogens is 310 g/mol. The molecule has 98 valence electrons. The number of nitrogens with zero attached hydrogens (tertiary/aromatic N) is 3. The fourth-order valence-electron chi connectivity index (χ4n) is 2.05. The normalized spacial score (nSPS) is 14.4. The largest absolute Gasteiger partial charge is 0.465 e. The van der Waals surface area contributed by atoms with Crippen LogP contribution >= 0.6 is 15.9 Å². The van der Waals surface area contributed by atoms with Gasteiger partial charge in [-0.15, -0.1) is 0 Å². The molecule has 0 atom stereocenters. The van der Waals surface area contributed by atoms with Gasteiger partial charge < -0.3 is 4.74 Å². The van der Waals surface area contributed by atoms with E-state index in [-0.39, 0.29) is 5.97 Å². The number of aromatic nitrogens is 3. The van der Waals surface area contributed by atoms with Crippen molar-refractivity contribution in [1.82, 2.24) is 14.8 Å². The van der Waals surface area contributed by atoms with Gasteiger partial charge in [-0.05, 0) is 40.9 Å². The highest BCUT2D eigenvalue weighted by molar-refractivity contribution is 9.10. The van der Waals surface area contributed by atoms with Gasteiger partial charge in [0.25, 0.3) is 0 Å². The Morgan fingerprint density at radius 3 is 2.79 bits per heavy atom. The Kier molecular flexibility index (Phi) is 3.10. The summed E-state index contributed by atoms with van der Waals surface area (Å²) in [6.45, 7) is 0. The van der Waals surface area contributed by atoms with Gasteiger partial charge in [-0.25, -0.2) is 14.5 Å². The molecule has 1 fully saturated rings. The van der Waals surface area contributed by atoms with E-state index in [0.29, 0.717) is 17.3 Å². The topological polar surface area (TPSA) is 57.0 Å². The highest BCUT2D eigenvalue weighted by Crippen LogP contribution is 2.42. The number of hydrogen-bond donors (Lipinski definition) is 0. The molecule has 1 aliphatic rings. The first kappa shape index (κ1) is 12.3. The first-order valence-corrected chi connectivity index (χ1v) is 6.78. The zero-order valence-electron chi connectivity index (χ0n) is 10.3. The Morgan fingerprint density at radius 2 is 2.21 bits per heavy atom. The van der Waals surface area contributed by atoms with Crippen LogP contribution in [0.15, 0.2) is 29.0 Å². The molecule has 2 aromatic heterocycles. The van der Waals surface area contributed by atoms with Crippen molar-refractivity contribution in [2.45, 2.75) is 18.8 Å². The number of methoxy groups -OCH3 is 1. The molecule has 1 saturated carbocycles. The van der Waals surface area contributed by atoms with E-state index in [1.807, 2.05) is 12.1 Å². The molecule has 0 aromatic carbocycles. The third-order valence-corrected chi connectivity index (χ3v) is 3.57. The number of halogens is 1.